The summed E-state index contributed by atoms with van der Waals surface area (Å²) in [6.45, 7) is 1.99. The molecule has 86 valence electrons. The smallest absolute Gasteiger partial charge is 0.411 e. The van der Waals surface area contributed by atoms with Crippen molar-refractivity contribution in [3.05, 3.63) is 23.8 Å². The second-order valence-electron chi connectivity index (χ2n) is 2.92. The number of aldehydes is 1. The van der Waals surface area contributed by atoms with Crippen LogP contribution in [0, 0.1) is 0 Å². The van der Waals surface area contributed by atoms with Gasteiger partial charge in [0.2, 0.25) is 0 Å². The van der Waals surface area contributed by atoms with E-state index in [2.05, 4.69) is 5.32 Å². The van der Waals surface area contributed by atoms with E-state index in [1.165, 1.54) is 13.2 Å². The molecule has 5 nitrogen and oxygen atoms in total. The van der Waals surface area contributed by atoms with Gasteiger partial charge in [-0.3, -0.25) is 10.1 Å². The van der Waals surface area contributed by atoms with E-state index in [4.69, 9.17) is 9.47 Å². The second kappa shape index (κ2) is 5.75. The number of amides is 1. The third kappa shape index (κ3) is 2.98. The van der Waals surface area contributed by atoms with Gasteiger partial charge in [-0.15, -0.1) is 0 Å². The highest BCUT2D eigenvalue weighted by atomic mass is 16.5. The van der Waals surface area contributed by atoms with Gasteiger partial charge in [-0.25, -0.2) is 4.79 Å². The molecule has 0 aliphatic heterocycles. The number of carbonyl (C=O) groups excluding carboxylic acids is 2. The minimum absolute atomic E-state index is 0.279. The third-order valence-corrected chi connectivity index (χ3v) is 1.87. The van der Waals surface area contributed by atoms with Gasteiger partial charge in [0.05, 0.1) is 19.4 Å². The van der Waals surface area contributed by atoms with E-state index in [1.807, 2.05) is 0 Å². The highest BCUT2D eigenvalue weighted by molar-refractivity contribution is 5.89. The topological polar surface area (TPSA) is 64.6 Å². The van der Waals surface area contributed by atoms with Crippen molar-refractivity contribution in [3.63, 3.8) is 0 Å². The average molecular weight is 223 g/mol. The van der Waals surface area contributed by atoms with Crippen LogP contribution in [0.1, 0.15) is 17.3 Å². The van der Waals surface area contributed by atoms with Gasteiger partial charge in [-0.05, 0) is 25.1 Å². The Kier molecular flexibility index (Phi) is 4.32. The van der Waals surface area contributed by atoms with Crippen LogP contribution in [-0.2, 0) is 4.74 Å². The lowest BCUT2D eigenvalue weighted by molar-refractivity contribution is 0.112. The summed E-state index contributed by atoms with van der Waals surface area (Å²) in [5.74, 6) is 0.471. The summed E-state index contributed by atoms with van der Waals surface area (Å²) in [5.41, 5.74) is 0.859. The van der Waals surface area contributed by atoms with Crippen LogP contribution in [-0.4, -0.2) is 26.1 Å². The number of hydrogen-bond acceptors (Lipinski definition) is 4. The molecule has 0 atom stereocenters. The standard InChI is InChI=1S/C11H13NO4/c1-3-16-11(14)12-9-6-8(7-13)4-5-10(9)15-2/h4-7H,3H2,1-2H3,(H,12,14). The van der Waals surface area contributed by atoms with Crippen LogP contribution in [0.3, 0.4) is 0 Å². The molecular formula is C11H13NO4. The van der Waals surface area contributed by atoms with Crippen LogP contribution < -0.4 is 10.1 Å². The SMILES string of the molecule is CCOC(=O)Nc1cc(C=O)ccc1OC. The minimum Gasteiger partial charge on any atom is -0.495 e. The number of anilines is 1. The largest absolute Gasteiger partial charge is 0.495 e. The lowest BCUT2D eigenvalue weighted by Gasteiger charge is -2.10. The van der Waals surface area contributed by atoms with Crippen LogP contribution in [0.15, 0.2) is 18.2 Å². The number of rotatable bonds is 4. The molecule has 0 unspecified atom stereocenters. The Labute approximate surface area is 93.4 Å². The molecule has 0 spiro atoms. The fraction of sp³-hybridized carbons (Fsp3) is 0.273. The molecule has 1 amide bonds. The van der Waals surface area contributed by atoms with Crippen molar-refractivity contribution in [1.82, 2.24) is 0 Å². The maximum Gasteiger partial charge on any atom is 0.411 e. The van der Waals surface area contributed by atoms with Crippen LogP contribution in [0.4, 0.5) is 10.5 Å². The molecule has 1 rings (SSSR count). The van der Waals surface area contributed by atoms with Crippen LogP contribution >= 0.6 is 0 Å². The maximum absolute atomic E-state index is 11.2. The third-order valence-electron chi connectivity index (χ3n) is 1.87. The molecule has 0 radical (unpaired) electrons. The van der Waals surface area contributed by atoms with Gasteiger partial charge in [0.15, 0.2) is 0 Å². The molecule has 0 saturated carbocycles. The Bertz CT molecular complexity index is 390. The number of methoxy groups -OCH3 is 1. The van der Waals surface area contributed by atoms with Gasteiger partial charge in [0.25, 0.3) is 0 Å². The number of benzene rings is 1. The normalized spacial score (nSPS) is 9.38. The zero-order valence-electron chi connectivity index (χ0n) is 9.15. The van der Waals surface area contributed by atoms with Crippen LogP contribution in [0.5, 0.6) is 5.75 Å². The lowest BCUT2D eigenvalue weighted by atomic mass is 10.2. The zero-order valence-corrected chi connectivity index (χ0v) is 9.15. The van der Waals surface area contributed by atoms with Crippen LogP contribution in [0.2, 0.25) is 0 Å². The maximum atomic E-state index is 11.2. The highest BCUT2D eigenvalue weighted by Gasteiger charge is 2.08. The molecule has 0 aromatic heterocycles. The van der Waals surface area contributed by atoms with Gasteiger partial charge in [-0.1, -0.05) is 0 Å². The predicted octanol–water partition coefficient (Wildman–Crippen LogP) is 2.08. The van der Waals surface area contributed by atoms with E-state index in [1.54, 1.807) is 19.1 Å². The van der Waals surface area contributed by atoms with E-state index in [-0.39, 0.29) is 6.61 Å². The van der Waals surface area contributed by atoms with Gasteiger partial charge in [0, 0.05) is 5.56 Å². The quantitative estimate of drug-likeness (QED) is 0.793. The average Bonchev–Trinajstić information content (AvgIpc) is 2.29. The number of hydrogen-bond donors (Lipinski definition) is 1. The Morgan fingerprint density at radius 2 is 2.25 bits per heavy atom. The summed E-state index contributed by atoms with van der Waals surface area (Å²) in [5, 5.41) is 2.49. The van der Waals surface area contributed by atoms with Gasteiger partial charge in [0.1, 0.15) is 12.0 Å². The van der Waals surface area contributed by atoms with Crippen molar-refractivity contribution in [2.75, 3.05) is 19.0 Å². The first-order valence-electron chi connectivity index (χ1n) is 4.78. The van der Waals surface area contributed by atoms with Crippen molar-refractivity contribution >= 4 is 18.1 Å². The van der Waals surface area contributed by atoms with E-state index < -0.39 is 6.09 Å². The highest BCUT2D eigenvalue weighted by Crippen LogP contribution is 2.24. The molecule has 16 heavy (non-hydrogen) atoms. The summed E-state index contributed by atoms with van der Waals surface area (Å²) in [6, 6.07) is 4.72. The Morgan fingerprint density at radius 1 is 1.50 bits per heavy atom. The van der Waals surface area contributed by atoms with Crippen molar-refractivity contribution in [3.8, 4) is 5.75 Å². The monoisotopic (exact) mass is 223 g/mol. The fourth-order valence-corrected chi connectivity index (χ4v) is 1.17. The summed E-state index contributed by atoms with van der Waals surface area (Å²) < 4.78 is 9.76. The molecule has 0 bridgehead atoms. The number of nitrogens with one attached hydrogen (secondary N) is 1. The Morgan fingerprint density at radius 3 is 2.81 bits per heavy atom. The molecule has 5 heteroatoms. The van der Waals surface area contributed by atoms with Crippen molar-refractivity contribution in [1.29, 1.82) is 0 Å². The Balaban J connectivity index is 2.90. The summed E-state index contributed by atoms with van der Waals surface area (Å²) >= 11 is 0. The molecular weight excluding hydrogens is 210 g/mol. The molecule has 0 aliphatic rings. The van der Waals surface area contributed by atoms with Gasteiger partial charge in [-0.2, -0.15) is 0 Å². The first kappa shape index (κ1) is 12.0. The van der Waals surface area contributed by atoms with Gasteiger partial charge < -0.3 is 9.47 Å². The van der Waals surface area contributed by atoms with E-state index in [0.29, 0.717) is 23.3 Å². The molecule has 1 aromatic carbocycles. The number of carbonyl (C=O) groups is 2. The molecule has 0 fully saturated rings. The molecule has 1 aromatic rings. The van der Waals surface area contributed by atoms with Crippen molar-refractivity contribution in [2.45, 2.75) is 6.92 Å². The summed E-state index contributed by atoms with van der Waals surface area (Å²) in [6.07, 6.45) is 0.110. The first-order chi connectivity index (χ1) is 7.71. The fourth-order valence-electron chi connectivity index (χ4n) is 1.17. The summed E-state index contributed by atoms with van der Waals surface area (Å²) in [7, 11) is 1.48. The Hall–Kier alpha value is -2.04. The minimum atomic E-state index is -0.580. The van der Waals surface area contributed by atoms with Gasteiger partial charge >= 0.3 is 6.09 Å². The molecule has 0 aliphatic carbocycles. The molecule has 0 heterocycles. The zero-order chi connectivity index (χ0) is 12.0. The molecule has 1 N–H and O–H groups in total. The van der Waals surface area contributed by atoms with E-state index in [9.17, 15) is 9.59 Å². The summed E-state index contributed by atoms with van der Waals surface area (Å²) in [4.78, 5) is 21.8. The van der Waals surface area contributed by atoms with Crippen molar-refractivity contribution in [2.24, 2.45) is 0 Å². The van der Waals surface area contributed by atoms with Crippen LogP contribution in [0.25, 0.3) is 0 Å². The van der Waals surface area contributed by atoms with Crippen molar-refractivity contribution < 1.29 is 19.1 Å². The number of ether oxygens (including phenoxy) is 2. The predicted molar refractivity (Wildman–Crippen MR) is 59.0 cm³/mol. The van der Waals surface area contributed by atoms with E-state index >= 15 is 0 Å². The molecule has 0 saturated heterocycles. The first-order valence-corrected chi connectivity index (χ1v) is 4.78. The second-order valence-corrected chi connectivity index (χ2v) is 2.92. The van der Waals surface area contributed by atoms with E-state index in [0.717, 1.165) is 0 Å². The lowest BCUT2D eigenvalue weighted by Crippen LogP contribution is -2.14.